The van der Waals surface area contributed by atoms with Gasteiger partial charge >= 0.3 is 0 Å². The van der Waals surface area contributed by atoms with Crippen molar-refractivity contribution in [1.29, 1.82) is 0 Å². The number of likely N-dealkylation sites (tertiary alicyclic amines) is 1. The fraction of sp³-hybridized carbons (Fsp3) is 0.565. The van der Waals surface area contributed by atoms with E-state index in [2.05, 4.69) is 76.2 Å². The van der Waals surface area contributed by atoms with Gasteiger partial charge in [-0.25, -0.2) is 9.98 Å². The third kappa shape index (κ3) is 7.91. The van der Waals surface area contributed by atoms with E-state index in [1.807, 2.05) is 12.4 Å². The maximum atomic E-state index is 4.80. The Hall–Kier alpha value is -1.61. The second kappa shape index (κ2) is 12.9. The van der Waals surface area contributed by atoms with E-state index in [0.29, 0.717) is 18.5 Å². The van der Waals surface area contributed by atoms with Crippen LogP contribution < -0.4 is 10.6 Å². The minimum Gasteiger partial charge on any atom is -0.357 e. The predicted octanol–water partition coefficient (Wildman–Crippen LogP) is 3.88. The average molecular weight is 524 g/mol. The Labute approximate surface area is 198 Å². The van der Waals surface area contributed by atoms with Crippen molar-refractivity contribution in [2.24, 2.45) is 10.9 Å². The number of aromatic nitrogens is 2. The number of imidazole rings is 1. The smallest absolute Gasteiger partial charge is 0.191 e. The molecule has 1 aromatic carbocycles. The van der Waals surface area contributed by atoms with Crippen molar-refractivity contribution in [3.63, 3.8) is 0 Å². The van der Waals surface area contributed by atoms with Crippen molar-refractivity contribution in [2.75, 3.05) is 19.6 Å². The highest BCUT2D eigenvalue weighted by molar-refractivity contribution is 14.0. The van der Waals surface area contributed by atoms with Crippen LogP contribution in [-0.2, 0) is 19.6 Å². The molecule has 0 aliphatic carbocycles. The number of piperidine rings is 1. The summed E-state index contributed by atoms with van der Waals surface area (Å²) in [6.45, 7) is 12.3. The largest absolute Gasteiger partial charge is 0.357 e. The second-order valence-electron chi connectivity index (χ2n) is 8.27. The molecule has 2 N–H and O–H groups in total. The summed E-state index contributed by atoms with van der Waals surface area (Å²) in [5.41, 5.74) is 1.39. The molecule has 1 aliphatic rings. The van der Waals surface area contributed by atoms with Gasteiger partial charge < -0.3 is 15.2 Å². The maximum absolute atomic E-state index is 4.80. The van der Waals surface area contributed by atoms with Gasteiger partial charge in [-0.2, -0.15) is 0 Å². The minimum atomic E-state index is 0. The lowest BCUT2D eigenvalue weighted by Gasteiger charge is -2.33. The van der Waals surface area contributed by atoms with Crippen molar-refractivity contribution in [1.82, 2.24) is 25.1 Å². The highest BCUT2D eigenvalue weighted by Gasteiger charge is 2.20. The molecule has 0 saturated carbocycles. The van der Waals surface area contributed by atoms with Crippen LogP contribution in [-0.4, -0.2) is 46.1 Å². The Morgan fingerprint density at radius 2 is 1.93 bits per heavy atom. The molecule has 1 fully saturated rings. The number of hydrogen-bond donors (Lipinski definition) is 2. The van der Waals surface area contributed by atoms with Crippen LogP contribution in [0, 0.1) is 5.92 Å². The third-order valence-corrected chi connectivity index (χ3v) is 5.26. The molecular weight excluding hydrogens is 487 g/mol. The van der Waals surface area contributed by atoms with Gasteiger partial charge in [0.1, 0.15) is 12.4 Å². The van der Waals surface area contributed by atoms with Crippen molar-refractivity contribution in [3.05, 3.63) is 54.1 Å². The number of aliphatic imine (C=N–C) groups is 1. The zero-order valence-corrected chi connectivity index (χ0v) is 20.9. The van der Waals surface area contributed by atoms with E-state index in [1.165, 1.54) is 5.56 Å². The minimum absolute atomic E-state index is 0. The molecule has 0 amide bonds. The summed E-state index contributed by atoms with van der Waals surface area (Å²) >= 11 is 0. The Bertz CT molecular complexity index is 750. The van der Waals surface area contributed by atoms with Gasteiger partial charge in [0.2, 0.25) is 0 Å². The molecule has 166 valence electrons. The molecule has 3 rings (SSSR count). The highest BCUT2D eigenvalue weighted by atomic mass is 127. The summed E-state index contributed by atoms with van der Waals surface area (Å²) < 4.78 is 2.21. The van der Waals surface area contributed by atoms with E-state index in [1.54, 1.807) is 0 Å². The normalized spacial score (nSPS) is 15.8. The number of nitrogens with one attached hydrogen (secondary N) is 2. The fourth-order valence-electron chi connectivity index (χ4n) is 3.79. The van der Waals surface area contributed by atoms with Gasteiger partial charge in [-0.05, 0) is 31.2 Å². The lowest BCUT2D eigenvalue weighted by Crippen LogP contribution is -2.48. The van der Waals surface area contributed by atoms with Gasteiger partial charge in [-0.3, -0.25) is 4.90 Å². The number of guanidine groups is 1. The van der Waals surface area contributed by atoms with Gasteiger partial charge in [-0.1, -0.05) is 44.2 Å². The zero-order valence-electron chi connectivity index (χ0n) is 18.6. The second-order valence-corrected chi connectivity index (χ2v) is 8.27. The molecule has 0 radical (unpaired) electrons. The lowest BCUT2D eigenvalue weighted by atomic mass is 10.0. The van der Waals surface area contributed by atoms with Gasteiger partial charge in [-0.15, -0.1) is 24.0 Å². The molecule has 2 aromatic rings. The molecule has 0 bridgehead atoms. The van der Waals surface area contributed by atoms with Crippen molar-refractivity contribution in [3.8, 4) is 0 Å². The van der Waals surface area contributed by atoms with E-state index in [-0.39, 0.29) is 24.0 Å². The summed E-state index contributed by atoms with van der Waals surface area (Å²) in [5, 5.41) is 7.03. The molecule has 0 spiro atoms. The van der Waals surface area contributed by atoms with Crippen LogP contribution in [0.3, 0.4) is 0 Å². The molecule has 0 unspecified atom stereocenters. The van der Waals surface area contributed by atoms with E-state index in [4.69, 9.17) is 4.99 Å². The molecule has 0 atom stereocenters. The van der Waals surface area contributed by atoms with Gasteiger partial charge in [0.05, 0.1) is 0 Å². The lowest BCUT2D eigenvalue weighted by molar-refractivity contribution is 0.198. The molecule has 1 aliphatic heterocycles. The van der Waals surface area contributed by atoms with Crippen LogP contribution in [0.4, 0.5) is 0 Å². The number of rotatable bonds is 8. The van der Waals surface area contributed by atoms with Crippen LogP contribution in [0.25, 0.3) is 0 Å². The highest BCUT2D eigenvalue weighted by Crippen LogP contribution is 2.14. The van der Waals surface area contributed by atoms with Crippen molar-refractivity contribution in [2.45, 2.75) is 59.3 Å². The van der Waals surface area contributed by atoms with Crippen LogP contribution in [0.2, 0.25) is 0 Å². The van der Waals surface area contributed by atoms with Crippen LogP contribution >= 0.6 is 24.0 Å². The topological polar surface area (TPSA) is 57.5 Å². The monoisotopic (exact) mass is 524 g/mol. The summed E-state index contributed by atoms with van der Waals surface area (Å²) in [6, 6.07) is 11.2. The first-order valence-corrected chi connectivity index (χ1v) is 10.9. The maximum Gasteiger partial charge on any atom is 0.191 e. The van der Waals surface area contributed by atoms with Gasteiger partial charge in [0, 0.05) is 51.2 Å². The van der Waals surface area contributed by atoms with Crippen molar-refractivity contribution < 1.29 is 0 Å². The summed E-state index contributed by atoms with van der Waals surface area (Å²) in [7, 11) is 0. The number of halogens is 1. The number of benzene rings is 1. The third-order valence-electron chi connectivity index (χ3n) is 5.26. The Morgan fingerprint density at radius 1 is 1.20 bits per heavy atom. The Balaban J connectivity index is 0.00000320. The molecule has 2 heterocycles. The first-order valence-electron chi connectivity index (χ1n) is 10.9. The molecule has 1 saturated heterocycles. The molecule has 1 aromatic heterocycles. The van der Waals surface area contributed by atoms with Crippen LogP contribution in [0.1, 0.15) is 45.0 Å². The predicted molar refractivity (Wildman–Crippen MR) is 135 cm³/mol. The van der Waals surface area contributed by atoms with Gasteiger partial charge in [0.25, 0.3) is 0 Å². The van der Waals surface area contributed by atoms with Crippen molar-refractivity contribution >= 4 is 29.9 Å². The standard InChI is InChI=1S/C23H36N6.HI/c1-4-24-23(26-16-22-25-12-15-29(22)17-19(2)3)27-21-10-13-28(14-11-21)18-20-8-6-5-7-9-20;/h5-9,12,15,19,21H,4,10-11,13-14,16-18H2,1-3H3,(H2,24,26,27);1H. The SMILES string of the molecule is CCNC(=NCc1nccn1CC(C)C)NC1CCN(Cc2ccccc2)CC1.I. The van der Waals surface area contributed by atoms with Crippen LogP contribution in [0.5, 0.6) is 0 Å². The first-order chi connectivity index (χ1) is 14.1. The molecule has 6 nitrogen and oxygen atoms in total. The van der Waals surface area contributed by atoms with E-state index >= 15 is 0 Å². The van der Waals surface area contributed by atoms with Gasteiger partial charge in [0.15, 0.2) is 5.96 Å². The summed E-state index contributed by atoms with van der Waals surface area (Å²) in [5.74, 6) is 2.51. The molecule has 30 heavy (non-hydrogen) atoms. The molecular formula is C23H37IN6. The quantitative estimate of drug-likeness (QED) is 0.313. The summed E-state index contributed by atoms with van der Waals surface area (Å²) in [6.07, 6.45) is 6.20. The Kier molecular flexibility index (Phi) is 10.6. The van der Waals surface area contributed by atoms with E-state index in [9.17, 15) is 0 Å². The summed E-state index contributed by atoms with van der Waals surface area (Å²) in [4.78, 5) is 11.8. The number of hydrogen-bond acceptors (Lipinski definition) is 3. The number of nitrogens with zero attached hydrogens (tertiary/aromatic N) is 4. The first kappa shape index (κ1) is 24.7. The van der Waals surface area contributed by atoms with E-state index < -0.39 is 0 Å². The fourth-order valence-corrected chi connectivity index (χ4v) is 3.79. The average Bonchev–Trinajstić information content (AvgIpc) is 3.15. The zero-order chi connectivity index (χ0) is 20.5. The molecule has 7 heteroatoms. The Morgan fingerprint density at radius 3 is 2.60 bits per heavy atom. The van der Waals surface area contributed by atoms with E-state index in [0.717, 1.165) is 57.3 Å². The van der Waals surface area contributed by atoms with Crippen LogP contribution in [0.15, 0.2) is 47.7 Å².